The third kappa shape index (κ3) is 8.47. The van der Waals surface area contributed by atoms with E-state index in [4.69, 9.17) is 9.47 Å². The van der Waals surface area contributed by atoms with Crippen LogP contribution in [0.3, 0.4) is 0 Å². The summed E-state index contributed by atoms with van der Waals surface area (Å²) in [5.41, 5.74) is 4.98. The van der Waals surface area contributed by atoms with Crippen molar-refractivity contribution in [3.63, 3.8) is 0 Å². The molecule has 0 aromatic heterocycles. The number of carbonyl (C=O) groups is 3. The van der Waals surface area contributed by atoms with E-state index in [0.717, 1.165) is 5.56 Å². The minimum absolute atomic E-state index is 0.0994. The summed E-state index contributed by atoms with van der Waals surface area (Å²) in [6, 6.07) is 20.9. The van der Waals surface area contributed by atoms with E-state index in [-0.39, 0.29) is 17.6 Å². The maximum Gasteiger partial charge on any atom is 0.336 e. The molecule has 0 saturated heterocycles. The van der Waals surface area contributed by atoms with Crippen LogP contribution in [0.4, 0.5) is 5.69 Å². The molecule has 37 heavy (non-hydrogen) atoms. The second-order valence-electron chi connectivity index (χ2n) is 8.22. The fraction of sp³-hybridized carbons (Fsp3) is 0.172. The predicted molar refractivity (Wildman–Crippen MR) is 144 cm³/mol. The van der Waals surface area contributed by atoms with E-state index in [0.29, 0.717) is 29.2 Å². The molecule has 0 unspecified atom stereocenters. The van der Waals surface area contributed by atoms with Gasteiger partial charge in [-0.15, -0.1) is 0 Å². The van der Waals surface area contributed by atoms with Crippen molar-refractivity contribution in [2.45, 2.75) is 20.8 Å². The third-order valence-electron chi connectivity index (χ3n) is 5.01. The number of esters is 1. The quantitative estimate of drug-likeness (QED) is 0.133. The molecule has 2 N–H and O–H groups in total. The highest BCUT2D eigenvalue weighted by atomic mass is 16.6. The van der Waals surface area contributed by atoms with Gasteiger partial charge in [-0.05, 0) is 66.6 Å². The highest BCUT2D eigenvalue weighted by Gasteiger charge is 2.11. The minimum Gasteiger partial charge on any atom is -0.490 e. The number of rotatable bonds is 10. The number of hydrogen-bond donors (Lipinski definition) is 2. The fourth-order valence-electron chi connectivity index (χ4n) is 3.05. The Balaban J connectivity index is 1.60. The Morgan fingerprint density at radius 3 is 2.32 bits per heavy atom. The molecule has 0 saturated carbocycles. The summed E-state index contributed by atoms with van der Waals surface area (Å²) in [4.78, 5) is 36.4. The first-order valence-electron chi connectivity index (χ1n) is 11.8. The number of hydrogen-bond acceptors (Lipinski definition) is 6. The molecule has 8 heteroatoms. The molecule has 190 valence electrons. The van der Waals surface area contributed by atoms with Crippen LogP contribution in [-0.2, 0) is 9.59 Å². The zero-order chi connectivity index (χ0) is 26.6. The van der Waals surface area contributed by atoms with Crippen molar-refractivity contribution in [2.24, 2.45) is 11.0 Å². The predicted octanol–water partition coefficient (Wildman–Crippen LogP) is 5.06. The van der Waals surface area contributed by atoms with E-state index in [1.807, 2.05) is 37.3 Å². The number of anilines is 1. The van der Waals surface area contributed by atoms with E-state index in [1.54, 1.807) is 62.4 Å². The van der Waals surface area contributed by atoms with Crippen LogP contribution < -0.4 is 20.2 Å². The van der Waals surface area contributed by atoms with Crippen molar-refractivity contribution in [2.75, 3.05) is 11.9 Å². The second kappa shape index (κ2) is 13.4. The Hall–Kier alpha value is -4.72. The molecule has 0 aliphatic rings. The monoisotopic (exact) mass is 499 g/mol. The van der Waals surface area contributed by atoms with Crippen LogP contribution >= 0.6 is 0 Å². The van der Waals surface area contributed by atoms with Gasteiger partial charge in [0.25, 0.3) is 5.91 Å². The first kappa shape index (κ1) is 26.9. The molecule has 0 aliphatic heterocycles. The van der Waals surface area contributed by atoms with E-state index in [2.05, 4.69) is 15.8 Å². The van der Waals surface area contributed by atoms with Crippen LogP contribution in [0.15, 0.2) is 84.0 Å². The molecule has 0 aliphatic carbocycles. The molecule has 2 amide bonds. The SMILES string of the molecule is CCOc1cc(C=NNC(=O)c2ccc(NC(=O)C(C)C)cc2)ccc1OC(=O)/C=C\c1ccccc1. The average molecular weight is 500 g/mol. The molecule has 0 bridgehead atoms. The second-order valence-corrected chi connectivity index (χ2v) is 8.22. The smallest absolute Gasteiger partial charge is 0.336 e. The number of amides is 2. The molecule has 0 spiro atoms. The molecule has 0 fully saturated rings. The standard InChI is InChI=1S/C29H29N3O5/c1-4-36-26-18-22(10-16-25(26)37-27(33)17-11-21-8-6-5-7-9-21)19-30-32-29(35)23-12-14-24(15-13-23)31-28(34)20(2)3/h5-20H,4H2,1-3H3,(H,31,34)(H,32,35)/b17-11-,30-19?. The van der Waals surface area contributed by atoms with Crippen molar-refractivity contribution < 1.29 is 23.9 Å². The number of nitrogens with zero attached hydrogens (tertiary/aromatic N) is 1. The minimum atomic E-state index is -0.534. The largest absolute Gasteiger partial charge is 0.490 e. The van der Waals surface area contributed by atoms with Crippen LogP contribution in [0.2, 0.25) is 0 Å². The van der Waals surface area contributed by atoms with Gasteiger partial charge in [0.05, 0.1) is 12.8 Å². The lowest BCUT2D eigenvalue weighted by Gasteiger charge is -2.10. The molecular formula is C29H29N3O5. The number of carbonyl (C=O) groups excluding carboxylic acids is 3. The highest BCUT2D eigenvalue weighted by Crippen LogP contribution is 2.28. The summed E-state index contributed by atoms with van der Waals surface area (Å²) in [6.45, 7) is 5.80. The number of hydrazone groups is 1. The van der Waals surface area contributed by atoms with Crippen LogP contribution in [0.5, 0.6) is 11.5 Å². The summed E-state index contributed by atoms with van der Waals surface area (Å²) < 4.78 is 11.0. The zero-order valence-electron chi connectivity index (χ0n) is 20.9. The molecule has 0 atom stereocenters. The van der Waals surface area contributed by atoms with Crippen LogP contribution in [-0.4, -0.2) is 30.6 Å². The first-order chi connectivity index (χ1) is 17.9. The molecule has 3 aromatic rings. The van der Waals surface area contributed by atoms with Crippen molar-refractivity contribution in [1.29, 1.82) is 0 Å². The Morgan fingerprint density at radius 2 is 1.65 bits per heavy atom. The van der Waals surface area contributed by atoms with Crippen LogP contribution in [0.25, 0.3) is 6.08 Å². The van der Waals surface area contributed by atoms with Crippen molar-refractivity contribution >= 4 is 35.8 Å². The topological polar surface area (TPSA) is 106 Å². The van der Waals surface area contributed by atoms with Gasteiger partial charge in [-0.25, -0.2) is 10.2 Å². The Morgan fingerprint density at radius 1 is 0.919 bits per heavy atom. The summed E-state index contributed by atoms with van der Waals surface area (Å²) in [5, 5.41) is 6.77. The molecular weight excluding hydrogens is 470 g/mol. The van der Waals surface area contributed by atoms with Gasteiger partial charge in [0.15, 0.2) is 11.5 Å². The fourth-order valence-corrected chi connectivity index (χ4v) is 3.05. The van der Waals surface area contributed by atoms with E-state index in [9.17, 15) is 14.4 Å². The van der Waals surface area contributed by atoms with Crippen molar-refractivity contribution in [1.82, 2.24) is 5.43 Å². The van der Waals surface area contributed by atoms with E-state index in [1.165, 1.54) is 12.3 Å². The van der Waals surface area contributed by atoms with Gasteiger partial charge < -0.3 is 14.8 Å². The maximum absolute atomic E-state index is 12.4. The molecule has 0 heterocycles. The van der Waals surface area contributed by atoms with Gasteiger partial charge in [-0.1, -0.05) is 44.2 Å². The van der Waals surface area contributed by atoms with Gasteiger partial charge in [-0.3, -0.25) is 9.59 Å². The Labute approximate surface area is 216 Å². The van der Waals surface area contributed by atoms with Gasteiger partial charge in [0.1, 0.15) is 0 Å². The van der Waals surface area contributed by atoms with E-state index < -0.39 is 11.9 Å². The lowest BCUT2D eigenvalue weighted by Crippen LogP contribution is -2.19. The summed E-state index contributed by atoms with van der Waals surface area (Å²) in [6.07, 6.45) is 4.47. The van der Waals surface area contributed by atoms with Gasteiger partial charge >= 0.3 is 5.97 Å². The lowest BCUT2D eigenvalue weighted by molar-refractivity contribution is -0.129. The number of ether oxygens (including phenoxy) is 2. The number of nitrogens with one attached hydrogen (secondary N) is 2. The van der Waals surface area contributed by atoms with Crippen molar-refractivity contribution in [3.05, 3.63) is 95.6 Å². The lowest BCUT2D eigenvalue weighted by atomic mass is 10.1. The summed E-state index contributed by atoms with van der Waals surface area (Å²) in [7, 11) is 0. The molecule has 3 aromatic carbocycles. The molecule has 8 nitrogen and oxygen atoms in total. The Bertz CT molecular complexity index is 1280. The van der Waals surface area contributed by atoms with Crippen LogP contribution in [0, 0.1) is 5.92 Å². The average Bonchev–Trinajstić information content (AvgIpc) is 2.90. The van der Waals surface area contributed by atoms with Crippen molar-refractivity contribution in [3.8, 4) is 11.5 Å². The third-order valence-corrected chi connectivity index (χ3v) is 5.01. The normalized spacial score (nSPS) is 11.0. The van der Waals surface area contributed by atoms with Gasteiger partial charge in [0, 0.05) is 23.2 Å². The van der Waals surface area contributed by atoms with E-state index >= 15 is 0 Å². The first-order valence-corrected chi connectivity index (χ1v) is 11.8. The van der Waals surface area contributed by atoms with Gasteiger partial charge in [0.2, 0.25) is 5.91 Å². The van der Waals surface area contributed by atoms with Crippen LogP contribution in [0.1, 0.15) is 42.3 Å². The van der Waals surface area contributed by atoms with Gasteiger partial charge in [-0.2, -0.15) is 5.10 Å². The Kier molecular flexibility index (Phi) is 9.73. The molecule has 3 rings (SSSR count). The highest BCUT2D eigenvalue weighted by molar-refractivity contribution is 5.96. The summed E-state index contributed by atoms with van der Waals surface area (Å²) in [5.74, 6) is -0.531. The molecule has 0 radical (unpaired) electrons. The maximum atomic E-state index is 12.4. The number of benzene rings is 3. The zero-order valence-corrected chi connectivity index (χ0v) is 20.9. The summed E-state index contributed by atoms with van der Waals surface area (Å²) >= 11 is 0.